The molecule has 0 spiro atoms. The zero-order valence-corrected chi connectivity index (χ0v) is 17.4. The fraction of sp³-hybridized carbons (Fsp3) is 0.250. The van der Waals surface area contributed by atoms with Crippen molar-refractivity contribution in [2.75, 3.05) is 14.2 Å². The second-order valence-corrected chi connectivity index (χ2v) is 8.63. The minimum Gasteiger partial charge on any atom is -0.465 e. The number of hydrogen-bond donors (Lipinski definition) is 0. The fourth-order valence-corrected chi connectivity index (χ4v) is 4.15. The van der Waals surface area contributed by atoms with E-state index < -0.39 is 16.0 Å². The number of sulfonamides is 1. The Kier molecular flexibility index (Phi) is 5.81. The maximum atomic E-state index is 13.0. The average Bonchev–Trinajstić information content (AvgIpc) is 3.16. The van der Waals surface area contributed by atoms with Gasteiger partial charge in [0.05, 0.1) is 24.1 Å². The number of methoxy groups -OCH3 is 1. The Bertz CT molecular complexity index is 1150. The first-order chi connectivity index (χ1) is 13.7. The van der Waals surface area contributed by atoms with Gasteiger partial charge in [0.2, 0.25) is 21.7 Å². The monoisotopic (exact) mass is 415 g/mol. The van der Waals surface area contributed by atoms with Crippen LogP contribution in [0.15, 0.2) is 51.9 Å². The van der Waals surface area contributed by atoms with E-state index in [0.717, 1.165) is 15.4 Å². The smallest absolute Gasteiger partial charge is 0.337 e. The number of nitrogens with zero attached hydrogens (tertiary/aromatic N) is 3. The summed E-state index contributed by atoms with van der Waals surface area (Å²) in [4.78, 5) is 16.1. The quantitative estimate of drug-likeness (QED) is 0.570. The summed E-state index contributed by atoms with van der Waals surface area (Å²) in [5, 5.41) is 3.93. The molecular formula is C20H21N3O5S. The van der Waals surface area contributed by atoms with Gasteiger partial charge in [0.15, 0.2) is 0 Å². The Labute approximate surface area is 169 Å². The maximum absolute atomic E-state index is 13.0. The Morgan fingerprint density at radius 2 is 1.93 bits per heavy atom. The lowest BCUT2D eigenvalue weighted by Crippen LogP contribution is -2.27. The van der Waals surface area contributed by atoms with Gasteiger partial charge >= 0.3 is 5.97 Å². The van der Waals surface area contributed by atoms with Crippen LogP contribution in [0.1, 0.15) is 27.4 Å². The van der Waals surface area contributed by atoms with Crippen molar-refractivity contribution in [2.24, 2.45) is 0 Å². The molecule has 0 aliphatic rings. The normalized spacial score (nSPS) is 11.6. The van der Waals surface area contributed by atoms with Gasteiger partial charge in [-0.3, -0.25) is 0 Å². The summed E-state index contributed by atoms with van der Waals surface area (Å²) in [6, 6.07) is 12.0. The minimum absolute atomic E-state index is 0.0151. The van der Waals surface area contributed by atoms with Crippen LogP contribution in [0.4, 0.5) is 0 Å². The van der Waals surface area contributed by atoms with Gasteiger partial charge < -0.3 is 9.26 Å². The number of hydrogen-bond acceptors (Lipinski definition) is 7. The summed E-state index contributed by atoms with van der Waals surface area (Å²) in [5.74, 6) is -0.0588. The highest BCUT2D eigenvalue weighted by Gasteiger charge is 2.26. The lowest BCUT2D eigenvalue weighted by Gasteiger charge is -2.17. The van der Waals surface area contributed by atoms with Crippen molar-refractivity contribution >= 4 is 16.0 Å². The van der Waals surface area contributed by atoms with Crippen molar-refractivity contribution in [1.82, 2.24) is 14.4 Å². The molecule has 0 fully saturated rings. The minimum atomic E-state index is -3.90. The summed E-state index contributed by atoms with van der Waals surface area (Å²) in [5.41, 5.74) is 2.50. The molecule has 29 heavy (non-hydrogen) atoms. The predicted octanol–water partition coefficient (Wildman–Crippen LogP) is 2.96. The first-order valence-corrected chi connectivity index (χ1v) is 10.2. The van der Waals surface area contributed by atoms with E-state index >= 15 is 0 Å². The molecule has 0 atom stereocenters. The summed E-state index contributed by atoms with van der Waals surface area (Å²) in [7, 11) is -1.24. The first-order valence-electron chi connectivity index (χ1n) is 8.77. The van der Waals surface area contributed by atoms with E-state index in [1.54, 1.807) is 13.0 Å². The molecule has 152 valence electrons. The molecule has 3 rings (SSSR count). The number of ether oxygens (including phenoxy) is 1. The van der Waals surface area contributed by atoms with Crippen LogP contribution >= 0.6 is 0 Å². The van der Waals surface area contributed by atoms with Gasteiger partial charge in [-0.25, -0.2) is 13.2 Å². The zero-order chi connectivity index (χ0) is 21.2. The highest BCUT2D eigenvalue weighted by molar-refractivity contribution is 7.89. The van der Waals surface area contributed by atoms with Crippen molar-refractivity contribution in [2.45, 2.75) is 25.3 Å². The molecule has 0 saturated carbocycles. The van der Waals surface area contributed by atoms with E-state index in [1.165, 1.54) is 26.3 Å². The molecule has 2 aromatic carbocycles. The molecule has 0 aliphatic carbocycles. The van der Waals surface area contributed by atoms with Gasteiger partial charge in [-0.1, -0.05) is 35.0 Å². The molecule has 0 saturated heterocycles. The third kappa shape index (κ3) is 4.36. The van der Waals surface area contributed by atoms with Crippen LogP contribution in [0.5, 0.6) is 0 Å². The third-order valence-corrected chi connectivity index (χ3v) is 6.35. The number of aryl methyl sites for hydroxylation is 2. The predicted molar refractivity (Wildman–Crippen MR) is 106 cm³/mol. The fourth-order valence-electron chi connectivity index (χ4n) is 2.79. The van der Waals surface area contributed by atoms with Crippen LogP contribution < -0.4 is 0 Å². The number of aromatic nitrogens is 2. The molecule has 0 N–H and O–H groups in total. The molecule has 0 unspecified atom stereocenters. The second kappa shape index (κ2) is 8.14. The molecule has 3 aromatic rings. The number of carbonyl (C=O) groups excluding carboxylic acids is 1. The maximum Gasteiger partial charge on any atom is 0.337 e. The van der Waals surface area contributed by atoms with Crippen LogP contribution in [0, 0.1) is 13.8 Å². The Morgan fingerprint density at radius 1 is 1.17 bits per heavy atom. The largest absolute Gasteiger partial charge is 0.465 e. The number of rotatable bonds is 6. The summed E-state index contributed by atoms with van der Waals surface area (Å²) >= 11 is 0. The number of benzene rings is 2. The molecule has 9 heteroatoms. The second-order valence-electron chi connectivity index (χ2n) is 6.61. The molecule has 0 amide bonds. The van der Waals surface area contributed by atoms with Crippen LogP contribution in [-0.2, 0) is 21.3 Å². The van der Waals surface area contributed by atoms with Gasteiger partial charge in [0.25, 0.3) is 0 Å². The van der Waals surface area contributed by atoms with Crippen molar-refractivity contribution in [3.05, 3.63) is 65.0 Å². The van der Waals surface area contributed by atoms with Gasteiger partial charge in [-0.05, 0) is 37.6 Å². The van der Waals surface area contributed by atoms with E-state index in [2.05, 4.69) is 14.9 Å². The van der Waals surface area contributed by atoms with Crippen LogP contribution in [0.3, 0.4) is 0 Å². The first kappa shape index (κ1) is 20.7. The number of esters is 1. The van der Waals surface area contributed by atoms with Gasteiger partial charge in [-0.2, -0.15) is 9.29 Å². The molecule has 0 bridgehead atoms. The highest BCUT2D eigenvalue weighted by atomic mass is 32.2. The van der Waals surface area contributed by atoms with Crippen molar-refractivity contribution in [3.63, 3.8) is 0 Å². The average molecular weight is 415 g/mol. The SMILES string of the molecule is COC(=O)c1ccc(C)c(S(=O)(=O)N(C)Cc2nc(-c3cccc(C)c3)no2)c1. The van der Waals surface area contributed by atoms with Crippen molar-refractivity contribution in [1.29, 1.82) is 0 Å². The summed E-state index contributed by atoms with van der Waals surface area (Å²) < 4.78 is 37.1. The molecule has 0 radical (unpaired) electrons. The standard InChI is InChI=1S/C20H21N3O5S/c1-13-6-5-7-15(10-13)19-21-18(28-22-19)12-23(3)29(25,26)17-11-16(20(24)27-4)9-8-14(17)2/h5-11H,12H2,1-4H3. The van der Waals surface area contributed by atoms with Gasteiger partial charge in [-0.15, -0.1) is 0 Å². The lowest BCUT2D eigenvalue weighted by atomic mass is 10.1. The summed E-state index contributed by atoms with van der Waals surface area (Å²) in [6.07, 6.45) is 0. The Hall–Kier alpha value is -3.04. The lowest BCUT2D eigenvalue weighted by molar-refractivity contribution is 0.0600. The van der Waals surface area contributed by atoms with E-state index in [0.29, 0.717) is 11.4 Å². The molecule has 0 aliphatic heterocycles. The summed E-state index contributed by atoms with van der Waals surface area (Å²) in [6.45, 7) is 3.50. The molecule has 1 heterocycles. The third-order valence-electron chi connectivity index (χ3n) is 4.40. The number of carbonyl (C=O) groups is 1. The van der Waals surface area contributed by atoms with E-state index in [4.69, 9.17) is 4.52 Å². The zero-order valence-electron chi connectivity index (χ0n) is 16.5. The molecular weight excluding hydrogens is 394 g/mol. The van der Waals surface area contributed by atoms with Crippen LogP contribution in [-0.4, -0.2) is 43.0 Å². The van der Waals surface area contributed by atoms with E-state index in [1.807, 2.05) is 31.2 Å². The van der Waals surface area contributed by atoms with Gasteiger partial charge in [0, 0.05) is 12.6 Å². The molecule has 8 nitrogen and oxygen atoms in total. The van der Waals surface area contributed by atoms with Crippen LogP contribution in [0.2, 0.25) is 0 Å². The molecule has 1 aromatic heterocycles. The van der Waals surface area contributed by atoms with Crippen LogP contribution in [0.25, 0.3) is 11.4 Å². The Morgan fingerprint density at radius 3 is 2.62 bits per heavy atom. The topological polar surface area (TPSA) is 103 Å². The highest BCUT2D eigenvalue weighted by Crippen LogP contribution is 2.23. The van der Waals surface area contributed by atoms with Crippen molar-refractivity contribution < 1.29 is 22.5 Å². The van der Waals surface area contributed by atoms with E-state index in [-0.39, 0.29) is 22.9 Å². The van der Waals surface area contributed by atoms with E-state index in [9.17, 15) is 13.2 Å². The van der Waals surface area contributed by atoms with Crippen molar-refractivity contribution in [3.8, 4) is 11.4 Å². The van der Waals surface area contributed by atoms with Gasteiger partial charge in [0.1, 0.15) is 0 Å². The Balaban J connectivity index is 1.85.